The molecular formula is C27H30Cl2N4O4. The summed E-state index contributed by atoms with van der Waals surface area (Å²) >= 11 is 13.3. The second kappa shape index (κ2) is 11.5. The van der Waals surface area contributed by atoms with Gasteiger partial charge in [-0.25, -0.2) is 9.97 Å². The van der Waals surface area contributed by atoms with Gasteiger partial charge >= 0.3 is 0 Å². The molecule has 2 atom stereocenters. The lowest BCUT2D eigenvalue weighted by Crippen LogP contribution is -2.29. The molecule has 1 saturated heterocycles. The van der Waals surface area contributed by atoms with Gasteiger partial charge in [0, 0.05) is 47.0 Å². The quantitative estimate of drug-likeness (QED) is 0.299. The minimum Gasteiger partial charge on any atom is -0.495 e. The second-order valence-electron chi connectivity index (χ2n) is 9.15. The van der Waals surface area contributed by atoms with E-state index < -0.39 is 0 Å². The molecule has 2 N–H and O–H groups in total. The molecule has 0 bridgehead atoms. The summed E-state index contributed by atoms with van der Waals surface area (Å²) in [7, 11) is 3.06. The zero-order valence-electron chi connectivity index (χ0n) is 21.2. The highest BCUT2D eigenvalue weighted by molar-refractivity contribution is 6.41. The number of fused-ring (bicyclic) bond motifs is 1. The van der Waals surface area contributed by atoms with Crippen LogP contribution in [0.5, 0.6) is 11.5 Å². The van der Waals surface area contributed by atoms with Crippen LogP contribution in [0, 0.1) is 5.92 Å². The predicted octanol–water partition coefficient (Wildman–Crippen LogP) is 6.01. The van der Waals surface area contributed by atoms with Gasteiger partial charge < -0.3 is 24.8 Å². The zero-order chi connectivity index (χ0) is 26.7. The first-order chi connectivity index (χ1) is 17.7. The molecule has 1 fully saturated rings. The van der Waals surface area contributed by atoms with Gasteiger partial charge in [-0.15, -0.1) is 0 Å². The summed E-state index contributed by atoms with van der Waals surface area (Å²) in [5.41, 5.74) is 1.06. The number of nitrogens with zero attached hydrogens (tertiary/aromatic N) is 2. The van der Waals surface area contributed by atoms with Crippen LogP contribution in [0.2, 0.25) is 10.0 Å². The van der Waals surface area contributed by atoms with Crippen LogP contribution in [0.4, 0.5) is 11.6 Å². The van der Waals surface area contributed by atoms with Crippen LogP contribution in [0.15, 0.2) is 37.1 Å². The van der Waals surface area contributed by atoms with Crippen molar-refractivity contribution in [3.63, 3.8) is 0 Å². The monoisotopic (exact) mass is 544 g/mol. The van der Waals surface area contributed by atoms with Crippen molar-refractivity contribution >= 4 is 51.4 Å². The number of anilines is 2. The third kappa shape index (κ3) is 5.76. The van der Waals surface area contributed by atoms with Gasteiger partial charge in [0.1, 0.15) is 23.1 Å². The lowest BCUT2D eigenvalue weighted by atomic mass is 9.97. The van der Waals surface area contributed by atoms with Crippen molar-refractivity contribution in [2.45, 2.75) is 32.4 Å². The number of ketones is 1. The summed E-state index contributed by atoms with van der Waals surface area (Å²) in [6.07, 6.45) is 3.51. The van der Waals surface area contributed by atoms with Crippen LogP contribution >= 0.6 is 23.2 Å². The normalized spacial score (nSPS) is 17.2. The molecule has 0 saturated carbocycles. The summed E-state index contributed by atoms with van der Waals surface area (Å²) < 4.78 is 16.5. The Morgan fingerprint density at radius 1 is 1.19 bits per heavy atom. The summed E-state index contributed by atoms with van der Waals surface area (Å²) in [6.45, 7) is 8.65. The Labute approximate surface area is 226 Å². The third-order valence-corrected chi connectivity index (χ3v) is 6.94. The molecule has 3 aromatic rings. The van der Waals surface area contributed by atoms with Crippen molar-refractivity contribution in [1.82, 2.24) is 9.97 Å². The first-order valence-electron chi connectivity index (χ1n) is 11.9. The van der Waals surface area contributed by atoms with Crippen molar-refractivity contribution < 1.29 is 19.0 Å². The average molecular weight is 545 g/mol. The molecule has 0 radical (unpaired) electrons. The maximum Gasteiger partial charge on any atom is 0.155 e. The van der Waals surface area contributed by atoms with Gasteiger partial charge in [-0.05, 0) is 32.1 Å². The smallest absolute Gasteiger partial charge is 0.155 e. The molecule has 0 aliphatic carbocycles. The summed E-state index contributed by atoms with van der Waals surface area (Å²) in [5, 5.41) is 9.24. The van der Waals surface area contributed by atoms with E-state index in [1.54, 1.807) is 12.3 Å². The number of rotatable bonds is 10. The minimum atomic E-state index is -0.0375. The number of halogens is 2. The van der Waals surface area contributed by atoms with Crippen LogP contribution in [0.25, 0.3) is 22.0 Å². The lowest BCUT2D eigenvalue weighted by Gasteiger charge is -2.20. The first-order valence-corrected chi connectivity index (χ1v) is 12.7. The number of nitrogens with one attached hydrogen (secondary N) is 2. The van der Waals surface area contributed by atoms with Crippen molar-refractivity contribution in [1.29, 1.82) is 0 Å². The molecule has 37 heavy (non-hydrogen) atoms. The number of allylic oxidation sites excluding steroid dienone is 1. The van der Waals surface area contributed by atoms with Crippen molar-refractivity contribution in [2.24, 2.45) is 5.92 Å². The van der Waals surface area contributed by atoms with Gasteiger partial charge in [-0.2, -0.15) is 0 Å². The SMILES string of the molecule is C=CC(=O)C[C@H]1COC[C@H]1Nc1cc2c(NC(C)C)nc(-c3c(Cl)c(OC)cc(OC)c3Cl)cc2cn1. The van der Waals surface area contributed by atoms with E-state index in [9.17, 15) is 4.79 Å². The Morgan fingerprint density at radius 2 is 1.89 bits per heavy atom. The van der Waals surface area contributed by atoms with E-state index in [-0.39, 0.29) is 23.8 Å². The van der Waals surface area contributed by atoms with Crippen LogP contribution < -0.4 is 20.1 Å². The summed E-state index contributed by atoms with van der Waals surface area (Å²) in [6, 6.07) is 5.54. The number of ether oxygens (including phenoxy) is 3. The number of hydrogen-bond acceptors (Lipinski definition) is 8. The molecule has 10 heteroatoms. The number of benzene rings is 1. The molecule has 1 aliphatic rings. The highest BCUT2D eigenvalue weighted by Gasteiger charge is 2.30. The van der Waals surface area contributed by atoms with E-state index in [2.05, 4.69) is 22.2 Å². The summed E-state index contributed by atoms with van der Waals surface area (Å²) in [4.78, 5) is 21.4. The first kappa shape index (κ1) is 27.0. The highest BCUT2D eigenvalue weighted by atomic mass is 35.5. The van der Waals surface area contributed by atoms with Crippen LogP contribution in [-0.4, -0.2) is 55.3 Å². The van der Waals surface area contributed by atoms with E-state index in [0.29, 0.717) is 64.1 Å². The highest BCUT2D eigenvalue weighted by Crippen LogP contribution is 2.46. The van der Waals surface area contributed by atoms with Crippen LogP contribution in [-0.2, 0) is 9.53 Å². The van der Waals surface area contributed by atoms with Gasteiger partial charge in [0.05, 0.1) is 49.2 Å². The topological polar surface area (TPSA) is 94.6 Å². The lowest BCUT2D eigenvalue weighted by molar-refractivity contribution is -0.115. The maximum absolute atomic E-state index is 11.9. The van der Waals surface area contributed by atoms with Gasteiger partial charge in [0.25, 0.3) is 0 Å². The third-order valence-electron chi connectivity index (χ3n) is 6.19. The van der Waals surface area contributed by atoms with E-state index in [1.807, 2.05) is 26.0 Å². The molecule has 0 spiro atoms. The largest absolute Gasteiger partial charge is 0.495 e. The van der Waals surface area contributed by atoms with E-state index in [0.717, 1.165) is 10.8 Å². The van der Waals surface area contributed by atoms with E-state index >= 15 is 0 Å². The number of carbonyl (C=O) groups excluding carboxylic acids is 1. The number of carbonyl (C=O) groups is 1. The molecule has 0 amide bonds. The fraction of sp³-hybridized carbons (Fsp3) is 0.370. The average Bonchev–Trinajstić information content (AvgIpc) is 3.30. The number of methoxy groups -OCH3 is 2. The fourth-order valence-electron chi connectivity index (χ4n) is 4.34. The van der Waals surface area contributed by atoms with Gasteiger partial charge in [0.2, 0.25) is 0 Å². The Bertz CT molecular complexity index is 1300. The van der Waals surface area contributed by atoms with Crippen molar-refractivity contribution in [2.75, 3.05) is 38.1 Å². The fourth-order valence-corrected chi connectivity index (χ4v) is 5.03. The predicted molar refractivity (Wildman–Crippen MR) is 148 cm³/mol. The van der Waals surface area contributed by atoms with Crippen LogP contribution in [0.1, 0.15) is 20.3 Å². The zero-order valence-corrected chi connectivity index (χ0v) is 22.7. The molecule has 1 aliphatic heterocycles. The maximum atomic E-state index is 11.9. The molecule has 8 nitrogen and oxygen atoms in total. The molecule has 2 aromatic heterocycles. The number of pyridine rings is 2. The molecule has 0 unspecified atom stereocenters. The standard InChI is InChI=1S/C27H30Cl2N4O4/c1-6-17(34)7-16-12-37-13-20(16)32-23-9-18-15(11-30-23)8-19(33-27(18)31-14(2)3)24-25(28)21(35-4)10-22(36-5)26(24)29/h6,8-11,14,16,20H,1,7,12-13H2,2-5H3,(H,30,32)(H,31,33)/t16-,20+/m0/s1. The minimum absolute atomic E-state index is 0.000384. The van der Waals surface area contributed by atoms with Gasteiger partial charge in [-0.1, -0.05) is 29.8 Å². The molecule has 1 aromatic carbocycles. The van der Waals surface area contributed by atoms with Gasteiger partial charge in [-0.3, -0.25) is 4.79 Å². The summed E-state index contributed by atoms with van der Waals surface area (Å²) in [5.74, 6) is 2.23. The Kier molecular flexibility index (Phi) is 8.42. The van der Waals surface area contributed by atoms with E-state index in [4.69, 9.17) is 42.4 Å². The van der Waals surface area contributed by atoms with Crippen LogP contribution in [0.3, 0.4) is 0 Å². The number of aromatic nitrogens is 2. The van der Waals surface area contributed by atoms with E-state index in [1.165, 1.54) is 20.3 Å². The molecule has 4 rings (SSSR count). The Balaban J connectivity index is 1.77. The Morgan fingerprint density at radius 3 is 2.51 bits per heavy atom. The molecule has 3 heterocycles. The van der Waals surface area contributed by atoms with Crippen molar-refractivity contribution in [3.05, 3.63) is 47.1 Å². The molecular weight excluding hydrogens is 515 g/mol. The number of hydrogen-bond donors (Lipinski definition) is 2. The molecule has 196 valence electrons. The van der Waals surface area contributed by atoms with Gasteiger partial charge in [0.15, 0.2) is 5.78 Å². The van der Waals surface area contributed by atoms with Crippen molar-refractivity contribution in [3.8, 4) is 22.8 Å². The second-order valence-corrected chi connectivity index (χ2v) is 9.91. The Hall–Kier alpha value is -3.07.